The summed E-state index contributed by atoms with van der Waals surface area (Å²) in [6.07, 6.45) is 2.29. The molecule has 1 N–H and O–H groups in total. The topological polar surface area (TPSA) is 108 Å². The Hall–Kier alpha value is -3.24. The summed E-state index contributed by atoms with van der Waals surface area (Å²) in [5.41, 5.74) is 2.13. The van der Waals surface area contributed by atoms with Gasteiger partial charge in [0.05, 0.1) is 30.0 Å². The number of benzene rings is 2. The first-order valence-electron chi connectivity index (χ1n) is 11.4. The molecule has 0 atom stereocenters. The van der Waals surface area contributed by atoms with Crippen molar-refractivity contribution in [2.75, 3.05) is 0 Å². The molecule has 0 aliphatic rings. The van der Waals surface area contributed by atoms with Gasteiger partial charge in [-0.1, -0.05) is 40.2 Å². The lowest BCUT2D eigenvalue weighted by atomic mass is 10.2. The van der Waals surface area contributed by atoms with Crippen LogP contribution in [0.3, 0.4) is 0 Å². The van der Waals surface area contributed by atoms with Crippen molar-refractivity contribution >= 4 is 49.9 Å². The number of halogens is 1. The van der Waals surface area contributed by atoms with Crippen molar-refractivity contribution in [2.24, 2.45) is 0 Å². The van der Waals surface area contributed by atoms with Gasteiger partial charge in [0.1, 0.15) is 11.2 Å². The second kappa shape index (κ2) is 10.8. The van der Waals surface area contributed by atoms with Crippen molar-refractivity contribution in [2.45, 2.75) is 64.7 Å². The van der Waals surface area contributed by atoms with Gasteiger partial charge in [-0.05, 0) is 64.8 Å². The van der Waals surface area contributed by atoms with Crippen LogP contribution < -0.4 is 0 Å². The molecule has 0 bridgehead atoms. The number of aliphatic hydroxyl groups excluding tert-OH is 1. The normalized spacial score (nSPS) is 11.8. The Morgan fingerprint density at radius 2 is 1.22 bits per heavy atom. The first-order valence-corrected chi connectivity index (χ1v) is 12.5. The highest BCUT2D eigenvalue weighted by Crippen LogP contribution is 2.20. The van der Waals surface area contributed by atoms with E-state index < -0.39 is 23.4 Å². The van der Waals surface area contributed by atoms with E-state index >= 15 is 0 Å². The van der Waals surface area contributed by atoms with Gasteiger partial charge in [0.25, 0.3) is 0 Å². The smallest absolute Gasteiger partial charge is 0.435 e. The van der Waals surface area contributed by atoms with Gasteiger partial charge >= 0.3 is 12.2 Å². The standard InChI is InChI=1S/C13H15BrN2O2.C13H16N2O3/c1-13(2,3)18-12(17)16-11-6-9(7-14)4-5-10(11)8-15-16;1-13(2,3)18-12(17)15-11-6-9(8-16)4-5-10(11)7-14-15/h4-6,8H,7H2,1-3H3;4-7,16H,8H2,1-3H3. The number of hydrogen-bond acceptors (Lipinski definition) is 7. The van der Waals surface area contributed by atoms with Gasteiger partial charge in [0, 0.05) is 16.1 Å². The largest absolute Gasteiger partial charge is 0.442 e. The number of carbonyl (C=O) groups excluding carboxylic acids is 2. The Labute approximate surface area is 218 Å². The molecule has 0 saturated carbocycles. The fourth-order valence-electron chi connectivity index (χ4n) is 3.21. The molecule has 0 aliphatic carbocycles. The second-order valence-corrected chi connectivity index (χ2v) is 10.7. The van der Waals surface area contributed by atoms with Crippen molar-refractivity contribution < 1.29 is 24.2 Å². The highest BCUT2D eigenvalue weighted by molar-refractivity contribution is 9.08. The Morgan fingerprint density at radius 3 is 1.61 bits per heavy atom. The monoisotopic (exact) mass is 558 g/mol. The number of fused-ring (bicyclic) bond motifs is 2. The molecule has 0 aliphatic heterocycles. The summed E-state index contributed by atoms with van der Waals surface area (Å²) in [6, 6.07) is 11.2. The number of aromatic nitrogens is 4. The average molecular weight is 559 g/mol. The summed E-state index contributed by atoms with van der Waals surface area (Å²) < 4.78 is 13.1. The second-order valence-electron chi connectivity index (χ2n) is 10.2. The lowest BCUT2D eigenvalue weighted by Gasteiger charge is -2.19. The molecule has 192 valence electrons. The minimum absolute atomic E-state index is 0.0740. The number of rotatable bonds is 2. The minimum Gasteiger partial charge on any atom is -0.442 e. The molecule has 2 aromatic heterocycles. The zero-order valence-corrected chi connectivity index (χ0v) is 22.9. The number of carbonyl (C=O) groups is 2. The summed E-state index contributed by atoms with van der Waals surface area (Å²) in [5.74, 6) is 0. The van der Waals surface area contributed by atoms with Crippen LogP contribution in [-0.2, 0) is 21.4 Å². The number of hydrogen-bond donors (Lipinski definition) is 1. The molecule has 0 unspecified atom stereocenters. The van der Waals surface area contributed by atoms with E-state index in [9.17, 15) is 9.59 Å². The maximum absolute atomic E-state index is 12.0. The third kappa shape index (κ3) is 6.92. The fraction of sp³-hybridized carbons (Fsp3) is 0.385. The summed E-state index contributed by atoms with van der Waals surface area (Å²) in [6.45, 7) is 10.8. The van der Waals surface area contributed by atoms with Crippen molar-refractivity contribution in [1.29, 1.82) is 0 Å². The maximum atomic E-state index is 12.0. The lowest BCUT2D eigenvalue weighted by molar-refractivity contribution is 0.0511. The predicted octanol–water partition coefficient (Wildman–Crippen LogP) is 6.03. The first kappa shape index (κ1) is 27.3. The quantitative estimate of drug-likeness (QED) is 0.299. The van der Waals surface area contributed by atoms with Crippen molar-refractivity contribution in [1.82, 2.24) is 19.6 Å². The van der Waals surface area contributed by atoms with Crippen molar-refractivity contribution in [3.05, 3.63) is 59.9 Å². The molecule has 9 nitrogen and oxygen atoms in total. The first-order chi connectivity index (χ1) is 16.8. The van der Waals surface area contributed by atoms with E-state index in [1.807, 2.05) is 45.0 Å². The van der Waals surface area contributed by atoms with Gasteiger partial charge in [0.15, 0.2) is 0 Å². The zero-order valence-electron chi connectivity index (χ0n) is 21.3. The van der Waals surface area contributed by atoms with Crippen molar-refractivity contribution in [3.63, 3.8) is 0 Å². The van der Waals surface area contributed by atoms with Gasteiger partial charge in [-0.3, -0.25) is 0 Å². The summed E-state index contributed by atoms with van der Waals surface area (Å²) in [5, 5.41) is 19.7. The Morgan fingerprint density at radius 1 is 0.806 bits per heavy atom. The van der Waals surface area contributed by atoms with E-state index in [0.717, 1.165) is 32.7 Å². The SMILES string of the molecule is CC(C)(C)OC(=O)n1ncc2ccc(CBr)cc21.CC(C)(C)OC(=O)n1ncc2ccc(CO)cc21. The lowest BCUT2D eigenvalue weighted by Crippen LogP contribution is -2.27. The molecule has 0 saturated heterocycles. The van der Waals surface area contributed by atoms with E-state index in [1.165, 1.54) is 9.36 Å². The molecule has 2 heterocycles. The van der Waals surface area contributed by atoms with E-state index in [-0.39, 0.29) is 6.61 Å². The van der Waals surface area contributed by atoms with E-state index in [2.05, 4.69) is 26.1 Å². The zero-order chi connectivity index (χ0) is 26.7. The molecule has 0 spiro atoms. The van der Waals surface area contributed by atoms with Crippen LogP contribution in [0.25, 0.3) is 21.8 Å². The molecule has 10 heteroatoms. The Balaban J connectivity index is 0.000000201. The van der Waals surface area contributed by atoms with Crippen LogP contribution in [0.2, 0.25) is 0 Å². The molecule has 4 aromatic rings. The van der Waals surface area contributed by atoms with Crippen LogP contribution in [0.1, 0.15) is 52.7 Å². The molecule has 36 heavy (non-hydrogen) atoms. The van der Waals surface area contributed by atoms with Crippen LogP contribution in [-0.4, -0.2) is 48.1 Å². The Kier molecular flexibility index (Phi) is 8.20. The highest BCUT2D eigenvalue weighted by Gasteiger charge is 2.21. The molecular formula is C26H31BrN4O5. The van der Waals surface area contributed by atoms with Gasteiger partial charge in [-0.2, -0.15) is 19.6 Å². The number of aliphatic hydroxyl groups is 1. The summed E-state index contributed by atoms with van der Waals surface area (Å²) in [7, 11) is 0. The molecule has 0 amide bonds. The number of alkyl halides is 1. The van der Waals surface area contributed by atoms with E-state index in [0.29, 0.717) is 5.52 Å². The third-order valence-corrected chi connectivity index (χ3v) is 5.39. The molecule has 0 fully saturated rings. The van der Waals surface area contributed by atoms with E-state index in [1.54, 1.807) is 45.3 Å². The van der Waals surface area contributed by atoms with Gasteiger partial charge in [-0.25, -0.2) is 9.59 Å². The summed E-state index contributed by atoms with van der Waals surface area (Å²) >= 11 is 3.40. The number of ether oxygens (including phenoxy) is 2. The third-order valence-electron chi connectivity index (χ3n) is 4.74. The van der Waals surface area contributed by atoms with Crippen LogP contribution in [0.5, 0.6) is 0 Å². The number of nitrogens with zero attached hydrogens (tertiary/aromatic N) is 4. The van der Waals surface area contributed by atoms with Gasteiger partial charge in [0.2, 0.25) is 0 Å². The van der Waals surface area contributed by atoms with E-state index in [4.69, 9.17) is 14.6 Å². The average Bonchev–Trinajstić information content (AvgIpc) is 3.40. The van der Waals surface area contributed by atoms with Crippen LogP contribution in [0.4, 0.5) is 9.59 Å². The maximum Gasteiger partial charge on any atom is 0.435 e. The molecule has 0 radical (unpaired) electrons. The van der Waals surface area contributed by atoms with Crippen molar-refractivity contribution in [3.8, 4) is 0 Å². The fourth-order valence-corrected chi connectivity index (χ4v) is 3.56. The van der Waals surface area contributed by atoms with Crippen LogP contribution >= 0.6 is 15.9 Å². The summed E-state index contributed by atoms with van der Waals surface area (Å²) in [4.78, 5) is 24.0. The predicted molar refractivity (Wildman–Crippen MR) is 141 cm³/mol. The highest BCUT2D eigenvalue weighted by atomic mass is 79.9. The van der Waals surface area contributed by atoms with Gasteiger partial charge in [-0.15, -0.1) is 0 Å². The van der Waals surface area contributed by atoms with Crippen LogP contribution in [0, 0.1) is 0 Å². The Bertz CT molecular complexity index is 1270. The molecule has 4 rings (SSSR count). The molecule has 2 aromatic carbocycles. The molecular weight excluding hydrogens is 528 g/mol. The minimum atomic E-state index is -0.566. The van der Waals surface area contributed by atoms with Gasteiger partial charge < -0.3 is 14.6 Å². The van der Waals surface area contributed by atoms with Crippen LogP contribution in [0.15, 0.2) is 48.8 Å².